The van der Waals surface area contributed by atoms with Crippen molar-refractivity contribution in [3.63, 3.8) is 0 Å². The Balaban J connectivity index is 1.40. The van der Waals surface area contributed by atoms with Crippen LogP contribution in [0.1, 0.15) is 43.5 Å². The molecule has 2 atom stereocenters. The minimum absolute atomic E-state index is 0.0392. The monoisotopic (exact) mass is 762 g/mol. The van der Waals surface area contributed by atoms with Gasteiger partial charge in [-0.3, -0.25) is 5.43 Å². The molecule has 0 aromatic heterocycles. The number of aliphatic hydroxyl groups is 1. The fourth-order valence-electron chi connectivity index (χ4n) is 4.65. The third kappa shape index (κ3) is 9.25. The maximum Gasteiger partial charge on any atom is 0.337 e. The van der Waals surface area contributed by atoms with Gasteiger partial charge in [-0.2, -0.15) is 5.10 Å². The number of hydrogen-bond acceptors (Lipinski definition) is 10. The van der Waals surface area contributed by atoms with Crippen molar-refractivity contribution < 1.29 is 42.8 Å². The highest BCUT2D eigenvalue weighted by molar-refractivity contribution is 14.1. The summed E-state index contributed by atoms with van der Waals surface area (Å²) in [5.41, 5.74) is 4.93. The number of ether oxygens (including phenoxy) is 5. The van der Waals surface area contributed by atoms with Gasteiger partial charge in [0.15, 0.2) is 29.2 Å². The van der Waals surface area contributed by atoms with Gasteiger partial charge in [-0.25, -0.2) is 14.0 Å². The molecule has 3 aromatic carbocycles. The first-order valence-corrected chi connectivity index (χ1v) is 15.8. The first kappa shape index (κ1) is 35.3. The second-order valence-electron chi connectivity index (χ2n) is 10.1. The van der Waals surface area contributed by atoms with Crippen LogP contribution in [0, 0.1) is 9.39 Å². The molecule has 2 amide bonds. The Bertz CT molecular complexity index is 1650. The molecule has 0 radical (unpaired) electrons. The van der Waals surface area contributed by atoms with Crippen molar-refractivity contribution in [1.82, 2.24) is 16.1 Å². The normalized spacial score (nSPS) is 15.0. The Morgan fingerprint density at radius 3 is 2.53 bits per heavy atom. The molecular weight excluding hydrogens is 726 g/mol. The number of benzene rings is 3. The van der Waals surface area contributed by atoms with Crippen LogP contribution < -0.4 is 35.0 Å². The quantitative estimate of drug-likeness (QED) is 0.0557. The van der Waals surface area contributed by atoms with Crippen LogP contribution in [0.4, 0.5) is 9.18 Å². The number of allylic oxidation sites excluding steroid dienone is 1. The average molecular weight is 763 g/mol. The van der Waals surface area contributed by atoms with Crippen molar-refractivity contribution in [2.75, 3.05) is 26.9 Å². The number of carbonyl (C=O) groups excluding carboxylic acids is 2. The number of hydrogen-bond donors (Lipinski definition) is 4. The second kappa shape index (κ2) is 16.8. The van der Waals surface area contributed by atoms with Crippen LogP contribution in [0.5, 0.6) is 23.0 Å². The van der Waals surface area contributed by atoms with Crippen molar-refractivity contribution in [3.05, 3.63) is 91.9 Å². The lowest BCUT2D eigenvalue weighted by atomic mass is 9.95. The van der Waals surface area contributed by atoms with Crippen LogP contribution >= 0.6 is 22.6 Å². The maximum absolute atomic E-state index is 14.1. The lowest BCUT2D eigenvalue weighted by molar-refractivity contribution is -0.136. The average Bonchev–Trinajstić information content (AvgIpc) is 3.04. The van der Waals surface area contributed by atoms with Crippen molar-refractivity contribution >= 4 is 40.8 Å². The summed E-state index contributed by atoms with van der Waals surface area (Å²) in [6.07, 6.45) is 0.325. The molecule has 4 N–H and O–H groups in total. The molecule has 1 heterocycles. The van der Waals surface area contributed by atoms with Crippen LogP contribution in [0.2, 0.25) is 0 Å². The van der Waals surface area contributed by atoms with E-state index < -0.39 is 24.3 Å². The van der Waals surface area contributed by atoms with E-state index in [1.807, 2.05) is 13.0 Å². The fourth-order valence-corrected chi connectivity index (χ4v) is 5.43. The van der Waals surface area contributed by atoms with Gasteiger partial charge in [0.2, 0.25) is 0 Å². The summed E-state index contributed by atoms with van der Waals surface area (Å²) in [7, 11) is 1.27. The Morgan fingerprint density at radius 1 is 1.06 bits per heavy atom. The number of aliphatic hydroxyl groups excluding tert-OH is 1. The summed E-state index contributed by atoms with van der Waals surface area (Å²) in [6.45, 7) is 5.83. The van der Waals surface area contributed by atoms with Crippen molar-refractivity contribution in [1.29, 1.82) is 0 Å². The fraction of sp³-hybridized carbons (Fsp3) is 0.303. The second-order valence-corrected chi connectivity index (χ2v) is 11.2. The SMILES string of the molecule is CCOc1cc([C@@H]2NC(=O)NC(C)=C2C(=O)OC)ccc1OC[C@@H](O)N/N=C\c1cc(I)c(OCc2ccccc2F)c(OCC)c1. The van der Waals surface area contributed by atoms with Gasteiger partial charge in [0, 0.05) is 11.3 Å². The first-order chi connectivity index (χ1) is 22.6. The minimum Gasteiger partial charge on any atom is -0.490 e. The number of esters is 1. The van der Waals surface area contributed by atoms with E-state index in [-0.39, 0.29) is 24.6 Å². The van der Waals surface area contributed by atoms with Crippen LogP contribution in [0.15, 0.2) is 71.0 Å². The summed E-state index contributed by atoms with van der Waals surface area (Å²) >= 11 is 2.11. The number of nitrogens with one attached hydrogen (secondary N) is 3. The van der Waals surface area contributed by atoms with Gasteiger partial charge >= 0.3 is 12.0 Å². The molecule has 1 aliphatic heterocycles. The van der Waals surface area contributed by atoms with Gasteiger partial charge < -0.3 is 39.4 Å². The minimum atomic E-state index is -1.19. The molecule has 0 unspecified atom stereocenters. The molecule has 0 spiro atoms. The molecule has 0 aliphatic carbocycles. The number of amides is 2. The standard InChI is InChI=1S/C33H36FIN4O8/c1-5-44-26-15-21(30-29(32(41)43-4)19(3)37-33(42)38-30)11-12-25(26)46-18-28(40)39-36-16-20-13-24(35)31(27(14-20)45-6-2)47-17-22-9-7-8-10-23(22)34/h7-16,28,30,39-40H,5-6,17-18H2,1-4H3,(H2,37,38,42)/b36-16-/t28-,30+/m1/s1. The largest absolute Gasteiger partial charge is 0.490 e. The zero-order valence-corrected chi connectivity index (χ0v) is 28.4. The van der Waals surface area contributed by atoms with Crippen molar-refractivity contribution in [2.24, 2.45) is 5.10 Å². The van der Waals surface area contributed by atoms with E-state index in [0.29, 0.717) is 58.6 Å². The highest BCUT2D eigenvalue weighted by Gasteiger charge is 2.32. The third-order valence-electron chi connectivity index (χ3n) is 6.77. The summed E-state index contributed by atoms with van der Waals surface area (Å²) in [4.78, 5) is 24.6. The molecule has 0 saturated carbocycles. The van der Waals surface area contributed by atoms with E-state index >= 15 is 0 Å². The van der Waals surface area contributed by atoms with Crippen LogP contribution in [-0.4, -0.2) is 56.5 Å². The van der Waals surface area contributed by atoms with Gasteiger partial charge in [-0.1, -0.05) is 24.3 Å². The van der Waals surface area contributed by atoms with E-state index in [2.05, 4.69) is 43.8 Å². The van der Waals surface area contributed by atoms with Gasteiger partial charge in [0.1, 0.15) is 19.0 Å². The lowest BCUT2D eigenvalue weighted by Gasteiger charge is -2.28. The summed E-state index contributed by atoms with van der Waals surface area (Å²) < 4.78 is 43.0. The molecule has 0 bridgehead atoms. The smallest absolute Gasteiger partial charge is 0.337 e. The van der Waals surface area contributed by atoms with E-state index in [9.17, 15) is 19.1 Å². The highest BCUT2D eigenvalue weighted by Crippen LogP contribution is 2.36. The third-order valence-corrected chi connectivity index (χ3v) is 7.57. The number of hydrazone groups is 1. The van der Waals surface area contributed by atoms with E-state index in [1.54, 1.807) is 56.3 Å². The number of rotatable bonds is 15. The summed E-state index contributed by atoms with van der Waals surface area (Å²) in [5, 5.41) is 20.0. The number of carbonyl (C=O) groups is 2. The number of halogens is 2. The zero-order chi connectivity index (χ0) is 33.9. The molecule has 250 valence electrons. The molecule has 47 heavy (non-hydrogen) atoms. The Morgan fingerprint density at radius 2 is 1.81 bits per heavy atom. The van der Waals surface area contributed by atoms with Crippen LogP contribution in [0.25, 0.3) is 0 Å². The van der Waals surface area contributed by atoms with E-state index in [1.165, 1.54) is 19.4 Å². The molecular formula is C33H36FIN4O8. The zero-order valence-electron chi connectivity index (χ0n) is 26.3. The van der Waals surface area contributed by atoms with Crippen LogP contribution in [-0.2, 0) is 16.1 Å². The lowest BCUT2D eigenvalue weighted by Crippen LogP contribution is -2.45. The molecule has 14 heteroatoms. The number of methoxy groups -OCH3 is 1. The predicted molar refractivity (Wildman–Crippen MR) is 180 cm³/mol. The Kier molecular flexibility index (Phi) is 12.6. The molecule has 3 aromatic rings. The topological polar surface area (TPSA) is 149 Å². The molecule has 0 fully saturated rings. The van der Waals surface area contributed by atoms with Gasteiger partial charge in [-0.15, -0.1) is 0 Å². The highest BCUT2D eigenvalue weighted by atomic mass is 127. The van der Waals surface area contributed by atoms with Crippen molar-refractivity contribution in [2.45, 2.75) is 39.6 Å². The molecule has 4 rings (SSSR count). The van der Waals surface area contributed by atoms with Gasteiger partial charge in [0.25, 0.3) is 0 Å². The first-order valence-electron chi connectivity index (χ1n) is 14.7. The molecule has 12 nitrogen and oxygen atoms in total. The van der Waals surface area contributed by atoms with Gasteiger partial charge in [0.05, 0.1) is 41.7 Å². The number of urea groups is 1. The number of nitrogens with zero attached hydrogens (tertiary/aromatic N) is 1. The summed E-state index contributed by atoms with van der Waals surface area (Å²) in [6, 6.07) is 13.7. The maximum atomic E-state index is 14.1. The van der Waals surface area contributed by atoms with Crippen LogP contribution in [0.3, 0.4) is 0 Å². The van der Waals surface area contributed by atoms with Crippen molar-refractivity contribution in [3.8, 4) is 23.0 Å². The van der Waals surface area contributed by atoms with E-state index in [0.717, 1.165) is 3.57 Å². The molecule has 0 saturated heterocycles. The Labute approximate surface area is 285 Å². The Hall–Kier alpha value is -4.57. The summed E-state index contributed by atoms with van der Waals surface area (Å²) in [5.74, 6) is 0.717. The van der Waals surface area contributed by atoms with E-state index in [4.69, 9.17) is 23.7 Å². The molecule has 1 aliphatic rings. The van der Waals surface area contributed by atoms with Gasteiger partial charge in [-0.05, 0) is 84.8 Å². The predicted octanol–water partition coefficient (Wildman–Crippen LogP) is 4.93.